The zero-order valence-corrected chi connectivity index (χ0v) is 24.1. The second kappa shape index (κ2) is 11.7. The number of amides is 1. The molecule has 0 bridgehead atoms. The van der Waals surface area contributed by atoms with Gasteiger partial charge in [-0.3, -0.25) is 0 Å². The summed E-state index contributed by atoms with van der Waals surface area (Å²) in [6.45, 7) is 2.62. The third-order valence-corrected chi connectivity index (χ3v) is 9.17. The van der Waals surface area contributed by atoms with Gasteiger partial charge in [0.25, 0.3) is 0 Å². The number of piperazine rings is 1. The van der Waals surface area contributed by atoms with Gasteiger partial charge in [-0.25, -0.2) is 4.79 Å². The van der Waals surface area contributed by atoms with Crippen LogP contribution in [0, 0.1) is 11.3 Å². The van der Waals surface area contributed by atoms with E-state index in [4.69, 9.17) is 26.3 Å². The van der Waals surface area contributed by atoms with Crippen molar-refractivity contribution in [2.75, 3.05) is 44.7 Å². The number of likely N-dealkylation sites (tertiary alicyclic amines) is 1. The summed E-state index contributed by atoms with van der Waals surface area (Å²) in [5.41, 5.74) is 5.57. The smallest absolute Gasteiger partial charge is 0.407 e. The average Bonchev–Trinajstić information content (AvgIpc) is 3.39. The Morgan fingerprint density at radius 3 is 2.76 bits per heavy atom. The number of benzene rings is 2. The molecule has 214 valence electrons. The lowest BCUT2D eigenvalue weighted by atomic mass is 9.86. The van der Waals surface area contributed by atoms with E-state index in [-0.39, 0.29) is 13.0 Å². The number of hydrogen-bond acceptors (Lipinski definition) is 7. The maximum absolute atomic E-state index is 11.8. The molecule has 1 unspecified atom stereocenters. The molecule has 9 nitrogen and oxygen atoms in total. The van der Waals surface area contributed by atoms with Gasteiger partial charge >= 0.3 is 12.1 Å². The Morgan fingerprint density at radius 1 is 1.12 bits per heavy atom. The fraction of sp³-hybridized carbons (Fsp3) is 0.484. The number of hydrogen-bond donors (Lipinski definition) is 1. The van der Waals surface area contributed by atoms with Gasteiger partial charge in [0, 0.05) is 41.6 Å². The number of aryl methyl sites for hydroxylation is 1. The molecule has 1 aromatic heterocycles. The van der Waals surface area contributed by atoms with E-state index in [9.17, 15) is 15.2 Å². The van der Waals surface area contributed by atoms with E-state index in [0.717, 1.165) is 54.3 Å². The number of fused-ring (bicyclic) bond motifs is 2. The Labute approximate surface area is 245 Å². The molecule has 2 atom stereocenters. The number of anilines is 1. The topological polar surface area (TPSA) is 106 Å². The predicted octanol–water partition coefficient (Wildman–Crippen LogP) is 5.38. The van der Waals surface area contributed by atoms with Gasteiger partial charge in [0.15, 0.2) is 0 Å². The largest absolute Gasteiger partial charge is 0.465 e. The van der Waals surface area contributed by atoms with Gasteiger partial charge in [-0.15, -0.1) is 0 Å². The van der Waals surface area contributed by atoms with Crippen LogP contribution in [0.2, 0.25) is 5.02 Å². The molecule has 0 saturated carbocycles. The number of halogens is 1. The summed E-state index contributed by atoms with van der Waals surface area (Å²) in [6, 6.07) is 12.7. The van der Waals surface area contributed by atoms with Gasteiger partial charge in [0.05, 0.1) is 24.0 Å². The quantitative estimate of drug-likeness (QED) is 0.418. The van der Waals surface area contributed by atoms with Crippen LogP contribution in [-0.2, 0) is 12.8 Å². The van der Waals surface area contributed by atoms with Gasteiger partial charge in [0.2, 0.25) is 0 Å². The molecule has 2 aromatic carbocycles. The van der Waals surface area contributed by atoms with Crippen molar-refractivity contribution in [3.8, 4) is 23.2 Å². The molecule has 2 saturated heterocycles. The molecule has 0 radical (unpaired) electrons. The van der Waals surface area contributed by atoms with Crippen LogP contribution in [0.15, 0.2) is 30.3 Å². The van der Waals surface area contributed by atoms with Crippen LogP contribution in [0.5, 0.6) is 6.01 Å². The third-order valence-electron chi connectivity index (χ3n) is 8.86. The highest BCUT2D eigenvalue weighted by Gasteiger charge is 2.32. The molecule has 0 spiro atoms. The standard InChI is InChI=1S/C31H35ClN6O3/c1-36-13-5-8-22(36)19-41-30-34-28-17-25(24-10-4-7-20-6-2-3-9-23(20)24)27(32)16-26(28)29(35-30)37-14-15-38(31(39)40)21(18-37)11-12-33/h4,7,10,16-17,21-22H,2-3,5-6,8-9,11,13-15,18-19H2,1H3,(H,39,40)/t21?,22-/m0/s1. The van der Waals surface area contributed by atoms with E-state index in [1.807, 2.05) is 17.0 Å². The maximum atomic E-state index is 11.8. The summed E-state index contributed by atoms with van der Waals surface area (Å²) in [4.78, 5) is 27.2. The molecule has 3 aliphatic rings. The molecule has 2 aliphatic heterocycles. The van der Waals surface area contributed by atoms with E-state index in [0.29, 0.717) is 42.6 Å². The van der Waals surface area contributed by atoms with Crippen LogP contribution in [0.1, 0.15) is 43.2 Å². The summed E-state index contributed by atoms with van der Waals surface area (Å²) in [6.07, 6.45) is 5.80. The van der Waals surface area contributed by atoms with E-state index in [1.54, 1.807) is 0 Å². The summed E-state index contributed by atoms with van der Waals surface area (Å²) in [5.74, 6) is 0.654. The number of carboxylic acid groups (broad SMARTS) is 1. The molecule has 1 N–H and O–H groups in total. The van der Waals surface area contributed by atoms with Crippen LogP contribution < -0.4 is 9.64 Å². The van der Waals surface area contributed by atoms with Crippen molar-refractivity contribution < 1.29 is 14.6 Å². The minimum atomic E-state index is -1.01. The SMILES string of the molecule is CN1CCC[C@H]1COc1nc(N2CCN(C(=O)O)C(CC#N)C2)c2cc(Cl)c(-c3cccc4c3CCCC4)cc2n1. The van der Waals surface area contributed by atoms with Crippen LogP contribution in [0.25, 0.3) is 22.0 Å². The molecule has 10 heteroatoms. The first-order valence-electron chi connectivity index (χ1n) is 14.5. The lowest BCUT2D eigenvalue weighted by molar-refractivity contribution is 0.119. The number of nitrogens with zero attached hydrogens (tertiary/aromatic N) is 6. The number of carbonyl (C=O) groups is 1. The molecule has 41 heavy (non-hydrogen) atoms. The summed E-state index contributed by atoms with van der Waals surface area (Å²) < 4.78 is 6.22. The molecule has 6 rings (SSSR count). The van der Waals surface area contributed by atoms with Crippen molar-refractivity contribution >= 4 is 34.4 Å². The highest BCUT2D eigenvalue weighted by atomic mass is 35.5. The van der Waals surface area contributed by atoms with Gasteiger partial charge in [-0.2, -0.15) is 15.2 Å². The average molecular weight is 575 g/mol. The normalized spacial score (nSPS) is 21.1. The number of nitriles is 1. The highest BCUT2D eigenvalue weighted by molar-refractivity contribution is 6.34. The molecule has 1 amide bonds. The fourth-order valence-electron chi connectivity index (χ4n) is 6.60. The minimum absolute atomic E-state index is 0.104. The summed E-state index contributed by atoms with van der Waals surface area (Å²) in [5, 5.41) is 20.5. The lowest BCUT2D eigenvalue weighted by Gasteiger charge is -2.40. The van der Waals surface area contributed by atoms with E-state index < -0.39 is 12.1 Å². The second-order valence-electron chi connectivity index (χ2n) is 11.4. The highest BCUT2D eigenvalue weighted by Crippen LogP contribution is 2.40. The van der Waals surface area contributed by atoms with Crippen molar-refractivity contribution in [3.63, 3.8) is 0 Å². The third kappa shape index (κ3) is 5.51. The molecule has 1 aliphatic carbocycles. The zero-order chi connectivity index (χ0) is 28.5. The molecule has 3 aromatic rings. The summed E-state index contributed by atoms with van der Waals surface area (Å²) >= 11 is 7.00. The summed E-state index contributed by atoms with van der Waals surface area (Å²) in [7, 11) is 2.11. The number of ether oxygens (including phenoxy) is 1. The Hall–Kier alpha value is -3.61. The van der Waals surface area contributed by atoms with Gasteiger partial charge in [-0.1, -0.05) is 29.8 Å². The van der Waals surface area contributed by atoms with Crippen molar-refractivity contribution in [3.05, 3.63) is 46.5 Å². The Kier molecular flexibility index (Phi) is 7.87. The van der Waals surface area contributed by atoms with Crippen molar-refractivity contribution in [1.29, 1.82) is 5.26 Å². The van der Waals surface area contributed by atoms with Crippen LogP contribution >= 0.6 is 11.6 Å². The van der Waals surface area contributed by atoms with Crippen LogP contribution in [-0.4, -0.2) is 82.9 Å². The van der Waals surface area contributed by atoms with E-state index >= 15 is 0 Å². The van der Waals surface area contributed by atoms with E-state index in [1.165, 1.54) is 28.9 Å². The zero-order valence-electron chi connectivity index (χ0n) is 23.4. The molecular formula is C31H35ClN6O3. The van der Waals surface area contributed by atoms with Crippen LogP contribution in [0.4, 0.5) is 10.6 Å². The maximum Gasteiger partial charge on any atom is 0.407 e. The first-order valence-corrected chi connectivity index (χ1v) is 14.9. The number of aromatic nitrogens is 2. The Balaban J connectivity index is 1.42. The van der Waals surface area contributed by atoms with Crippen molar-refractivity contribution in [2.45, 2.75) is 57.0 Å². The first kappa shape index (κ1) is 27.6. The Morgan fingerprint density at radius 2 is 1.98 bits per heavy atom. The molecule has 3 heterocycles. The number of rotatable bonds is 6. The van der Waals surface area contributed by atoms with Gasteiger partial charge in [-0.05, 0) is 80.9 Å². The predicted molar refractivity (Wildman–Crippen MR) is 159 cm³/mol. The van der Waals surface area contributed by atoms with Crippen molar-refractivity contribution in [2.24, 2.45) is 0 Å². The fourth-order valence-corrected chi connectivity index (χ4v) is 6.86. The minimum Gasteiger partial charge on any atom is -0.465 e. The monoisotopic (exact) mass is 574 g/mol. The van der Waals surface area contributed by atoms with E-state index in [2.05, 4.69) is 36.2 Å². The Bertz CT molecular complexity index is 1510. The molecular weight excluding hydrogens is 540 g/mol. The van der Waals surface area contributed by atoms with Gasteiger partial charge in [0.1, 0.15) is 12.4 Å². The van der Waals surface area contributed by atoms with Crippen molar-refractivity contribution in [1.82, 2.24) is 19.8 Å². The lowest BCUT2D eigenvalue weighted by Crippen LogP contribution is -2.55. The second-order valence-corrected chi connectivity index (χ2v) is 11.8. The molecule has 2 fully saturated rings. The van der Waals surface area contributed by atoms with Crippen LogP contribution in [0.3, 0.4) is 0 Å². The first-order chi connectivity index (χ1) is 19.9. The van der Waals surface area contributed by atoms with Gasteiger partial charge < -0.3 is 24.5 Å². The number of likely N-dealkylation sites (N-methyl/N-ethyl adjacent to an activating group) is 1.